The van der Waals surface area contributed by atoms with Gasteiger partial charge in [0.15, 0.2) is 0 Å². The van der Waals surface area contributed by atoms with Gasteiger partial charge < -0.3 is 4.74 Å². The van der Waals surface area contributed by atoms with Gasteiger partial charge in [0, 0.05) is 6.61 Å². The average Bonchev–Trinajstić information content (AvgIpc) is 3.17. The van der Waals surface area contributed by atoms with Gasteiger partial charge in [-0.15, -0.1) is 0 Å². The molecule has 0 aromatic carbocycles. The third-order valence-corrected chi connectivity index (χ3v) is 13.2. The molecular formula is C52H106O. The van der Waals surface area contributed by atoms with Crippen LogP contribution in [0.15, 0.2) is 0 Å². The van der Waals surface area contributed by atoms with Crippen LogP contribution in [0.4, 0.5) is 0 Å². The lowest BCUT2D eigenvalue weighted by molar-refractivity contribution is -0.162. The van der Waals surface area contributed by atoms with Gasteiger partial charge in [-0.25, -0.2) is 0 Å². The first kappa shape index (κ1) is 53.0. The van der Waals surface area contributed by atoms with Gasteiger partial charge >= 0.3 is 0 Å². The fourth-order valence-corrected chi connectivity index (χ4v) is 9.63. The molecule has 0 saturated heterocycles. The maximum absolute atomic E-state index is 7.78. The Balaban J connectivity index is 6.48. The maximum Gasteiger partial charge on any atom is 0.0738 e. The summed E-state index contributed by atoms with van der Waals surface area (Å²) < 4.78 is 7.78. The predicted octanol–water partition coefficient (Wildman–Crippen LogP) is 19.6. The smallest absolute Gasteiger partial charge is 0.0738 e. The molecule has 0 bridgehead atoms. The number of hydrogen-bond acceptors (Lipinski definition) is 1. The van der Waals surface area contributed by atoms with Gasteiger partial charge in [0.25, 0.3) is 0 Å². The minimum atomic E-state index is 0.0832. The summed E-state index contributed by atoms with van der Waals surface area (Å²) in [5.74, 6) is 0. The van der Waals surface area contributed by atoms with Crippen LogP contribution in [0.2, 0.25) is 0 Å². The molecule has 320 valence electrons. The van der Waals surface area contributed by atoms with E-state index in [2.05, 4.69) is 41.5 Å². The van der Waals surface area contributed by atoms with Crippen LogP contribution in [-0.4, -0.2) is 12.2 Å². The quantitative estimate of drug-likeness (QED) is 0.0564. The van der Waals surface area contributed by atoms with E-state index < -0.39 is 0 Å². The first-order valence-corrected chi connectivity index (χ1v) is 25.8. The lowest BCUT2D eigenvalue weighted by Gasteiger charge is -2.52. The first-order chi connectivity index (χ1) is 26.1. The molecule has 0 aliphatic rings. The number of unbranched alkanes of at least 4 members (excludes halogenated alkanes) is 32. The van der Waals surface area contributed by atoms with Crippen LogP contribution >= 0.6 is 0 Å². The van der Waals surface area contributed by atoms with Crippen LogP contribution in [0.25, 0.3) is 0 Å². The number of rotatable bonds is 46. The SMILES string of the molecule is CCCCCCCCCCOC(CCCCCCCCC)(CCCCCCCCC)C(CCCCCCC)(CCCCCCC)CCCCCCCC. The van der Waals surface area contributed by atoms with Crippen LogP contribution in [-0.2, 0) is 4.74 Å². The fourth-order valence-electron chi connectivity index (χ4n) is 9.63. The molecule has 1 heteroatoms. The average molecular weight is 747 g/mol. The molecule has 0 unspecified atom stereocenters. The van der Waals surface area contributed by atoms with Crippen molar-refractivity contribution in [3.05, 3.63) is 0 Å². The fraction of sp³-hybridized carbons (Fsp3) is 1.00. The first-order valence-electron chi connectivity index (χ1n) is 25.8. The summed E-state index contributed by atoms with van der Waals surface area (Å²) in [6, 6.07) is 0. The third-order valence-electron chi connectivity index (χ3n) is 13.2. The van der Waals surface area contributed by atoms with Crippen molar-refractivity contribution < 1.29 is 4.74 Å². The zero-order chi connectivity index (χ0) is 38.8. The lowest BCUT2D eigenvalue weighted by atomic mass is 9.59. The van der Waals surface area contributed by atoms with E-state index in [0.29, 0.717) is 5.41 Å². The minimum absolute atomic E-state index is 0.0832. The normalized spacial score (nSPS) is 12.3. The van der Waals surface area contributed by atoms with Crippen molar-refractivity contribution in [2.75, 3.05) is 6.61 Å². The van der Waals surface area contributed by atoms with Crippen molar-refractivity contribution in [1.82, 2.24) is 0 Å². The van der Waals surface area contributed by atoms with E-state index in [9.17, 15) is 0 Å². The van der Waals surface area contributed by atoms with Gasteiger partial charge in [-0.3, -0.25) is 0 Å². The van der Waals surface area contributed by atoms with Crippen LogP contribution in [0.3, 0.4) is 0 Å². The van der Waals surface area contributed by atoms with Crippen molar-refractivity contribution in [2.45, 2.75) is 323 Å². The molecule has 0 aliphatic carbocycles. The lowest BCUT2D eigenvalue weighted by Crippen LogP contribution is -2.51. The largest absolute Gasteiger partial charge is 0.374 e. The zero-order valence-corrected chi connectivity index (χ0v) is 38.5. The predicted molar refractivity (Wildman–Crippen MR) is 244 cm³/mol. The Bertz CT molecular complexity index is 636. The summed E-state index contributed by atoms with van der Waals surface area (Å²) in [6.07, 6.45) is 60.6. The van der Waals surface area contributed by atoms with Gasteiger partial charge in [0.1, 0.15) is 0 Å². The standard InChI is InChI=1S/C52H106O/c1-7-13-19-25-29-32-38-44-50-53-52(48-42-36-30-26-20-14-8-2,49-43-37-31-27-21-15-9-3)51(45-39-33-23-17-11-5,46-40-34-24-18-12-6)47-41-35-28-22-16-10-4/h7-50H2,1-6H3. The second-order valence-electron chi connectivity index (χ2n) is 18.2. The Labute approximate surface area is 338 Å². The molecule has 0 fully saturated rings. The van der Waals surface area contributed by atoms with Crippen LogP contribution in [0.5, 0.6) is 0 Å². The van der Waals surface area contributed by atoms with E-state index in [-0.39, 0.29) is 5.60 Å². The highest BCUT2D eigenvalue weighted by atomic mass is 16.5. The van der Waals surface area contributed by atoms with Crippen molar-refractivity contribution in [3.8, 4) is 0 Å². The molecule has 0 saturated carbocycles. The van der Waals surface area contributed by atoms with E-state index in [4.69, 9.17) is 4.74 Å². The molecule has 0 N–H and O–H groups in total. The molecule has 0 amide bonds. The van der Waals surface area contributed by atoms with Crippen molar-refractivity contribution in [1.29, 1.82) is 0 Å². The molecule has 0 aromatic heterocycles. The molecule has 0 aromatic rings. The molecule has 0 aliphatic heterocycles. The summed E-state index contributed by atoms with van der Waals surface area (Å²) in [6.45, 7) is 15.2. The van der Waals surface area contributed by atoms with Crippen molar-refractivity contribution in [3.63, 3.8) is 0 Å². The summed E-state index contributed by atoms with van der Waals surface area (Å²) in [5, 5.41) is 0. The van der Waals surface area contributed by atoms with Crippen LogP contribution < -0.4 is 0 Å². The second kappa shape index (κ2) is 41.6. The third kappa shape index (κ3) is 29.8. The molecule has 53 heavy (non-hydrogen) atoms. The Morgan fingerprint density at radius 3 is 0.698 bits per heavy atom. The van der Waals surface area contributed by atoms with Gasteiger partial charge in [-0.2, -0.15) is 0 Å². The van der Waals surface area contributed by atoms with Gasteiger partial charge in [0.2, 0.25) is 0 Å². The molecule has 0 radical (unpaired) electrons. The topological polar surface area (TPSA) is 9.23 Å². The Morgan fingerprint density at radius 2 is 0.434 bits per heavy atom. The Morgan fingerprint density at radius 1 is 0.226 bits per heavy atom. The second-order valence-corrected chi connectivity index (χ2v) is 18.2. The number of ether oxygens (including phenoxy) is 1. The number of hydrogen-bond donors (Lipinski definition) is 0. The van der Waals surface area contributed by atoms with E-state index in [1.54, 1.807) is 0 Å². The van der Waals surface area contributed by atoms with E-state index >= 15 is 0 Å². The summed E-state index contributed by atoms with van der Waals surface area (Å²) >= 11 is 0. The highest BCUT2D eigenvalue weighted by Crippen LogP contribution is 2.53. The molecule has 0 rings (SSSR count). The highest BCUT2D eigenvalue weighted by molar-refractivity contribution is 5.01. The molecule has 1 nitrogen and oxygen atoms in total. The summed E-state index contributed by atoms with van der Waals surface area (Å²) in [4.78, 5) is 0. The minimum Gasteiger partial charge on any atom is -0.374 e. The monoisotopic (exact) mass is 747 g/mol. The Hall–Kier alpha value is -0.0400. The van der Waals surface area contributed by atoms with E-state index in [0.717, 1.165) is 6.61 Å². The van der Waals surface area contributed by atoms with Crippen LogP contribution in [0, 0.1) is 5.41 Å². The van der Waals surface area contributed by atoms with E-state index in [1.165, 1.54) is 276 Å². The highest BCUT2D eigenvalue weighted by Gasteiger charge is 2.49. The summed E-state index contributed by atoms with van der Waals surface area (Å²) in [5.41, 5.74) is 0.445. The Kier molecular flexibility index (Phi) is 41.6. The molecule has 0 spiro atoms. The molecule has 0 atom stereocenters. The summed E-state index contributed by atoms with van der Waals surface area (Å²) in [7, 11) is 0. The van der Waals surface area contributed by atoms with Gasteiger partial charge in [-0.1, -0.05) is 279 Å². The van der Waals surface area contributed by atoms with Crippen molar-refractivity contribution in [2.24, 2.45) is 5.41 Å². The molecule has 0 heterocycles. The molecular weight excluding hydrogens is 641 g/mol. The van der Waals surface area contributed by atoms with Crippen LogP contribution in [0.1, 0.15) is 318 Å². The van der Waals surface area contributed by atoms with Gasteiger partial charge in [-0.05, 0) is 43.9 Å². The zero-order valence-electron chi connectivity index (χ0n) is 38.5. The van der Waals surface area contributed by atoms with E-state index in [1.807, 2.05) is 0 Å². The van der Waals surface area contributed by atoms with Crippen molar-refractivity contribution >= 4 is 0 Å². The van der Waals surface area contributed by atoms with Gasteiger partial charge in [0.05, 0.1) is 5.60 Å². The maximum atomic E-state index is 7.78.